The highest BCUT2D eigenvalue weighted by molar-refractivity contribution is 4.92. The van der Waals surface area contributed by atoms with Crippen LogP contribution in [0.1, 0.15) is 226 Å². The van der Waals surface area contributed by atoms with Crippen molar-refractivity contribution in [2.75, 3.05) is 45.9 Å². The second-order valence-electron chi connectivity index (χ2n) is 15.4. The van der Waals surface area contributed by atoms with Crippen molar-refractivity contribution in [2.45, 2.75) is 226 Å². The SMILES string of the molecule is CCCCC/C=C\C/C=C\CCCCCCCCN(CCO)CCN(CCCCCCCCCCCC)CCCCCCCCCCCC. The first-order valence-corrected chi connectivity index (χ1v) is 22.6. The van der Waals surface area contributed by atoms with E-state index in [0.717, 1.165) is 26.1 Å². The van der Waals surface area contributed by atoms with Crippen molar-refractivity contribution < 1.29 is 5.11 Å². The molecule has 0 unspecified atom stereocenters. The Bertz CT molecular complexity index is 623. The van der Waals surface area contributed by atoms with Gasteiger partial charge in [0.15, 0.2) is 0 Å². The molecule has 3 nitrogen and oxygen atoms in total. The monoisotopic (exact) mass is 689 g/mol. The van der Waals surface area contributed by atoms with Gasteiger partial charge in [0, 0.05) is 19.6 Å². The summed E-state index contributed by atoms with van der Waals surface area (Å²) in [5.74, 6) is 0. The van der Waals surface area contributed by atoms with Crippen LogP contribution >= 0.6 is 0 Å². The number of rotatable bonds is 42. The van der Waals surface area contributed by atoms with Crippen molar-refractivity contribution >= 4 is 0 Å². The first-order chi connectivity index (χ1) is 24.3. The van der Waals surface area contributed by atoms with Gasteiger partial charge >= 0.3 is 0 Å². The molecule has 0 amide bonds. The molecule has 0 aromatic carbocycles. The Morgan fingerprint density at radius 1 is 0.306 bits per heavy atom. The minimum absolute atomic E-state index is 0.291. The Kier molecular flexibility index (Phi) is 43.0. The summed E-state index contributed by atoms with van der Waals surface area (Å²) in [7, 11) is 0. The van der Waals surface area contributed by atoms with Crippen LogP contribution in [-0.4, -0.2) is 60.8 Å². The molecule has 0 spiro atoms. The molecule has 292 valence electrons. The second kappa shape index (κ2) is 43.5. The van der Waals surface area contributed by atoms with Crippen LogP contribution in [0.15, 0.2) is 24.3 Å². The second-order valence-corrected chi connectivity index (χ2v) is 15.4. The number of hydrogen-bond acceptors (Lipinski definition) is 3. The van der Waals surface area contributed by atoms with Gasteiger partial charge in [0.1, 0.15) is 0 Å². The van der Waals surface area contributed by atoms with Crippen molar-refractivity contribution in [3.8, 4) is 0 Å². The van der Waals surface area contributed by atoms with Gasteiger partial charge in [-0.2, -0.15) is 0 Å². The summed E-state index contributed by atoms with van der Waals surface area (Å²) in [6.07, 6.45) is 53.4. The number of nitrogens with zero attached hydrogens (tertiary/aromatic N) is 2. The summed E-state index contributed by atoms with van der Waals surface area (Å²) in [6.45, 7) is 14.0. The maximum Gasteiger partial charge on any atom is 0.0558 e. The predicted molar refractivity (Wildman–Crippen MR) is 223 cm³/mol. The predicted octanol–water partition coefficient (Wildman–Crippen LogP) is 14.2. The Balaban J connectivity index is 4.23. The van der Waals surface area contributed by atoms with E-state index >= 15 is 0 Å². The largest absolute Gasteiger partial charge is 0.395 e. The van der Waals surface area contributed by atoms with Gasteiger partial charge in [0.25, 0.3) is 0 Å². The highest BCUT2D eigenvalue weighted by atomic mass is 16.3. The highest BCUT2D eigenvalue weighted by Crippen LogP contribution is 2.14. The average molecular weight is 689 g/mol. The van der Waals surface area contributed by atoms with Gasteiger partial charge in [0.05, 0.1) is 6.61 Å². The molecule has 0 rings (SSSR count). The molecular weight excluding hydrogens is 597 g/mol. The van der Waals surface area contributed by atoms with Crippen molar-refractivity contribution in [1.82, 2.24) is 9.80 Å². The zero-order valence-corrected chi connectivity index (χ0v) is 34.2. The first-order valence-electron chi connectivity index (χ1n) is 22.6. The van der Waals surface area contributed by atoms with Crippen molar-refractivity contribution in [3.63, 3.8) is 0 Å². The average Bonchev–Trinajstić information content (AvgIpc) is 3.11. The van der Waals surface area contributed by atoms with E-state index in [0.29, 0.717) is 6.61 Å². The van der Waals surface area contributed by atoms with Crippen LogP contribution in [0.5, 0.6) is 0 Å². The van der Waals surface area contributed by atoms with E-state index in [4.69, 9.17) is 0 Å². The normalized spacial score (nSPS) is 12.2. The molecule has 0 saturated heterocycles. The van der Waals surface area contributed by atoms with Gasteiger partial charge in [-0.3, -0.25) is 4.90 Å². The van der Waals surface area contributed by atoms with Gasteiger partial charge in [-0.05, 0) is 71.0 Å². The molecule has 0 aliphatic carbocycles. The zero-order valence-electron chi connectivity index (χ0n) is 34.2. The lowest BCUT2D eigenvalue weighted by atomic mass is 10.1. The number of allylic oxidation sites excluding steroid dienone is 4. The Hall–Kier alpha value is -0.640. The fourth-order valence-corrected chi connectivity index (χ4v) is 7.06. The smallest absolute Gasteiger partial charge is 0.0558 e. The van der Waals surface area contributed by atoms with Crippen LogP contribution in [0.2, 0.25) is 0 Å². The summed E-state index contributed by atoms with van der Waals surface area (Å²) in [5.41, 5.74) is 0. The van der Waals surface area contributed by atoms with E-state index < -0.39 is 0 Å². The molecule has 0 saturated carbocycles. The van der Waals surface area contributed by atoms with Gasteiger partial charge in [0.2, 0.25) is 0 Å². The minimum Gasteiger partial charge on any atom is -0.395 e. The van der Waals surface area contributed by atoms with E-state index in [1.165, 1.54) is 219 Å². The van der Waals surface area contributed by atoms with Crippen LogP contribution in [-0.2, 0) is 0 Å². The molecular formula is C46H92N2O. The highest BCUT2D eigenvalue weighted by Gasteiger charge is 2.10. The fraction of sp³-hybridized carbons (Fsp3) is 0.913. The molecule has 0 heterocycles. The molecule has 3 heteroatoms. The molecule has 0 radical (unpaired) electrons. The molecule has 0 aromatic heterocycles. The third kappa shape index (κ3) is 40.0. The first kappa shape index (κ1) is 48.4. The Morgan fingerprint density at radius 2 is 0.592 bits per heavy atom. The topological polar surface area (TPSA) is 26.7 Å². The van der Waals surface area contributed by atoms with Crippen LogP contribution in [0.25, 0.3) is 0 Å². The number of aliphatic hydroxyl groups is 1. The van der Waals surface area contributed by atoms with Crippen molar-refractivity contribution in [3.05, 3.63) is 24.3 Å². The number of hydrogen-bond donors (Lipinski definition) is 1. The summed E-state index contributed by atoms with van der Waals surface area (Å²) < 4.78 is 0. The third-order valence-corrected chi connectivity index (χ3v) is 10.5. The molecule has 0 bridgehead atoms. The summed E-state index contributed by atoms with van der Waals surface area (Å²) in [4.78, 5) is 5.32. The molecule has 1 N–H and O–H groups in total. The van der Waals surface area contributed by atoms with Gasteiger partial charge in [-0.1, -0.05) is 199 Å². The number of aliphatic hydroxyl groups excluding tert-OH is 1. The van der Waals surface area contributed by atoms with Crippen molar-refractivity contribution in [1.29, 1.82) is 0 Å². The van der Waals surface area contributed by atoms with Crippen LogP contribution < -0.4 is 0 Å². The van der Waals surface area contributed by atoms with E-state index in [9.17, 15) is 5.11 Å². The molecule has 49 heavy (non-hydrogen) atoms. The fourth-order valence-electron chi connectivity index (χ4n) is 7.06. The summed E-state index contributed by atoms with van der Waals surface area (Å²) >= 11 is 0. The number of unbranched alkanes of at least 4 members (excludes halogenated alkanes) is 27. The molecule has 0 aromatic rings. The maximum atomic E-state index is 9.78. The lowest BCUT2D eigenvalue weighted by Gasteiger charge is -2.27. The van der Waals surface area contributed by atoms with E-state index in [1.54, 1.807) is 0 Å². The summed E-state index contributed by atoms with van der Waals surface area (Å²) in [5, 5.41) is 9.78. The maximum absolute atomic E-state index is 9.78. The lowest BCUT2D eigenvalue weighted by Crippen LogP contribution is -2.38. The van der Waals surface area contributed by atoms with Gasteiger partial charge < -0.3 is 10.0 Å². The quantitative estimate of drug-likeness (QED) is 0.0511. The van der Waals surface area contributed by atoms with Gasteiger partial charge in [-0.15, -0.1) is 0 Å². The van der Waals surface area contributed by atoms with E-state index in [-0.39, 0.29) is 0 Å². The minimum atomic E-state index is 0.291. The Morgan fingerprint density at radius 3 is 0.959 bits per heavy atom. The third-order valence-electron chi connectivity index (χ3n) is 10.5. The van der Waals surface area contributed by atoms with Crippen LogP contribution in [0.4, 0.5) is 0 Å². The standard InChI is InChI=1S/C46H92N2O/c1-4-7-10-13-16-19-22-23-24-25-26-27-30-33-36-39-42-48(45-46-49)44-43-47(40-37-34-31-28-20-17-14-11-8-5-2)41-38-35-32-29-21-18-15-12-9-6-3/h16,19,23-24,49H,4-15,17-18,20-22,25-46H2,1-3H3/b19-16-,24-23-. The van der Waals surface area contributed by atoms with Crippen LogP contribution in [0.3, 0.4) is 0 Å². The van der Waals surface area contributed by atoms with Crippen molar-refractivity contribution in [2.24, 2.45) is 0 Å². The molecule has 0 fully saturated rings. The van der Waals surface area contributed by atoms with E-state index in [1.807, 2.05) is 0 Å². The zero-order chi connectivity index (χ0) is 35.6. The molecule has 0 aliphatic heterocycles. The Labute approximate surface area is 310 Å². The van der Waals surface area contributed by atoms with E-state index in [2.05, 4.69) is 54.9 Å². The van der Waals surface area contributed by atoms with Crippen LogP contribution in [0, 0.1) is 0 Å². The molecule has 0 aliphatic rings. The summed E-state index contributed by atoms with van der Waals surface area (Å²) in [6, 6.07) is 0. The van der Waals surface area contributed by atoms with Gasteiger partial charge in [-0.25, -0.2) is 0 Å². The molecule has 0 atom stereocenters. The lowest BCUT2D eigenvalue weighted by molar-refractivity contribution is 0.163.